The lowest BCUT2D eigenvalue weighted by molar-refractivity contribution is -0.124. The predicted molar refractivity (Wildman–Crippen MR) is 131 cm³/mol. The van der Waals surface area contributed by atoms with Gasteiger partial charge in [0.1, 0.15) is 14.7 Å². The Morgan fingerprint density at radius 2 is 1.64 bits per heavy atom. The van der Waals surface area contributed by atoms with Crippen molar-refractivity contribution in [2.45, 2.75) is 51.5 Å². The summed E-state index contributed by atoms with van der Waals surface area (Å²) in [5.74, 6) is 0.159. The van der Waals surface area contributed by atoms with E-state index in [1.807, 2.05) is 36.4 Å². The van der Waals surface area contributed by atoms with Crippen LogP contribution >= 0.6 is 11.3 Å². The molecule has 0 atom stereocenters. The number of anilines is 1. The van der Waals surface area contributed by atoms with Crippen LogP contribution in [0.15, 0.2) is 36.4 Å². The van der Waals surface area contributed by atoms with Gasteiger partial charge in [-0.25, -0.2) is 13.2 Å². The number of carbonyl (C=O) groups is 2. The van der Waals surface area contributed by atoms with Crippen LogP contribution in [0.2, 0.25) is 0 Å². The van der Waals surface area contributed by atoms with Crippen LogP contribution < -0.4 is 4.90 Å². The number of hydrogen-bond acceptors (Lipinski definition) is 6. The average molecular weight is 490 g/mol. The third-order valence-corrected chi connectivity index (χ3v) is 9.76. The molecule has 0 radical (unpaired) electrons. The fourth-order valence-electron chi connectivity index (χ4n) is 4.88. The van der Waals surface area contributed by atoms with Crippen LogP contribution in [-0.4, -0.2) is 45.0 Å². The summed E-state index contributed by atoms with van der Waals surface area (Å²) in [7, 11) is -1.74. The largest absolute Gasteiger partial charge is 0.465 e. The highest BCUT2D eigenvalue weighted by Gasteiger charge is 2.38. The molecule has 0 N–H and O–H groups in total. The SMILES string of the molecule is COC(=O)c1sc(-c2ccccc2)cc1N(C(=O)C1CCC(C)CC1)C1CCS(=O)(=O)CC1. The summed E-state index contributed by atoms with van der Waals surface area (Å²) in [6, 6.07) is 11.4. The zero-order valence-corrected chi connectivity index (χ0v) is 20.8. The van der Waals surface area contributed by atoms with E-state index in [-0.39, 0.29) is 29.4 Å². The molecule has 8 heteroatoms. The third kappa shape index (κ3) is 5.32. The first-order valence-electron chi connectivity index (χ1n) is 11.6. The van der Waals surface area contributed by atoms with Gasteiger partial charge in [-0.3, -0.25) is 4.79 Å². The summed E-state index contributed by atoms with van der Waals surface area (Å²) in [5, 5.41) is 0. The van der Waals surface area contributed by atoms with E-state index in [0.717, 1.165) is 36.1 Å². The van der Waals surface area contributed by atoms with Crippen molar-refractivity contribution in [3.63, 3.8) is 0 Å². The van der Waals surface area contributed by atoms with Crippen LogP contribution in [0, 0.1) is 11.8 Å². The van der Waals surface area contributed by atoms with Crippen LogP contribution in [0.4, 0.5) is 5.69 Å². The number of sulfone groups is 1. The van der Waals surface area contributed by atoms with Crippen LogP contribution in [0.3, 0.4) is 0 Å². The van der Waals surface area contributed by atoms with Crippen molar-refractivity contribution in [1.82, 2.24) is 0 Å². The van der Waals surface area contributed by atoms with Crippen LogP contribution in [0.1, 0.15) is 55.1 Å². The van der Waals surface area contributed by atoms with Crippen molar-refractivity contribution in [2.24, 2.45) is 11.8 Å². The normalized spacial score (nSPS) is 23.1. The van der Waals surface area contributed by atoms with Gasteiger partial charge < -0.3 is 9.64 Å². The van der Waals surface area contributed by atoms with Crippen LogP contribution in [-0.2, 0) is 19.4 Å². The van der Waals surface area contributed by atoms with E-state index in [4.69, 9.17) is 4.74 Å². The van der Waals surface area contributed by atoms with Crippen molar-refractivity contribution in [1.29, 1.82) is 0 Å². The maximum atomic E-state index is 13.9. The summed E-state index contributed by atoms with van der Waals surface area (Å²) in [6.07, 6.45) is 4.43. The summed E-state index contributed by atoms with van der Waals surface area (Å²) in [5.41, 5.74) is 1.52. The van der Waals surface area contributed by atoms with E-state index < -0.39 is 15.8 Å². The number of carbonyl (C=O) groups excluding carboxylic acids is 2. The predicted octanol–water partition coefficient (Wildman–Crippen LogP) is 4.94. The molecule has 2 fully saturated rings. The lowest BCUT2D eigenvalue weighted by Crippen LogP contribution is -2.48. The molecule has 0 spiro atoms. The van der Waals surface area contributed by atoms with Crippen molar-refractivity contribution < 1.29 is 22.7 Å². The Labute approximate surface area is 199 Å². The monoisotopic (exact) mass is 489 g/mol. The van der Waals surface area contributed by atoms with Gasteiger partial charge in [0.25, 0.3) is 0 Å². The summed E-state index contributed by atoms with van der Waals surface area (Å²) in [6.45, 7) is 2.21. The molecule has 6 nitrogen and oxygen atoms in total. The van der Waals surface area contributed by atoms with Crippen molar-refractivity contribution >= 4 is 38.7 Å². The molecule has 178 valence electrons. The Hall–Kier alpha value is -2.19. The average Bonchev–Trinajstić information content (AvgIpc) is 3.25. The number of methoxy groups -OCH3 is 1. The van der Waals surface area contributed by atoms with Gasteiger partial charge in [0.05, 0.1) is 24.3 Å². The minimum Gasteiger partial charge on any atom is -0.465 e. The molecule has 1 aromatic heterocycles. The zero-order chi connectivity index (χ0) is 23.6. The van der Waals surface area contributed by atoms with Gasteiger partial charge in [-0.2, -0.15) is 0 Å². The van der Waals surface area contributed by atoms with Gasteiger partial charge in [-0.15, -0.1) is 11.3 Å². The molecule has 33 heavy (non-hydrogen) atoms. The molecule has 0 unspecified atom stereocenters. The lowest BCUT2D eigenvalue weighted by atomic mass is 9.82. The number of ether oxygens (including phenoxy) is 1. The second kappa shape index (κ2) is 9.97. The maximum absolute atomic E-state index is 13.9. The van der Waals surface area contributed by atoms with E-state index in [9.17, 15) is 18.0 Å². The van der Waals surface area contributed by atoms with Gasteiger partial charge in [-0.05, 0) is 56.1 Å². The Balaban J connectivity index is 1.76. The molecular weight excluding hydrogens is 458 g/mol. The minimum absolute atomic E-state index is 0.00811. The second-order valence-corrected chi connectivity index (χ2v) is 12.6. The number of esters is 1. The van der Waals surface area contributed by atoms with E-state index in [2.05, 4.69) is 6.92 Å². The Morgan fingerprint density at radius 1 is 1.00 bits per heavy atom. The summed E-state index contributed by atoms with van der Waals surface area (Å²) in [4.78, 5) is 29.7. The lowest BCUT2D eigenvalue weighted by Gasteiger charge is -2.37. The number of benzene rings is 1. The van der Waals surface area contributed by atoms with E-state index >= 15 is 0 Å². The molecule has 2 aromatic rings. The molecule has 2 heterocycles. The van der Waals surface area contributed by atoms with Gasteiger partial charge in [0.2, 0.25) is 5.91 Å². The van der Waals surface area contributed by atoms with Crippen LogP contribution in [0.5, 0.6) is 0 Å². The molecular formula is C25H31NO5S2. The van der Waals surface area contributed by atoms with E-state index in [0.29, 0.717) is 29.3 Å². The summed E-state index contributed by atoms with van der Waals surface area (Å²) < 4.78 is 29.3. The summed E-state index contributed by atoms with van der Waals surface area (Å²) >= 11 is 1.32. The molecule has 1 saturated carbocycles. The number of amides is 1. The fourth-order valence-corrected chi connectivity index (χ4v) is 7.42. The Morgan fingerprint density at radius 3 is 2.24 bits per heavy atom. The van der Waals surface area contributed by atoms with E-state index in [1.54, 1.807) is 4.90 Å². The van der Waals surface area contributed by atoms with Gasteiger partial charge in [0.15, 0.2) is 0 Å². The Kier molecular flexibility index (Phi) is 7.24. The first-order valence-corrected chi connectivity index (χ1v) is 14.2. The standard InChI is InChI=1S/C25H31NO5S2/c1-17-8-10-19(11-9-17)24(27)26(20-12-14-33(29,30)15-13-20)21-16-22(18-6-4-3-5-7-18)32-23(21)25(28)31-2/h3-7,16-17,19-20H,8-15H2,1-2H3. The number of hydrogen-bond donors (Lipinski definition) is 0. The molecule has 0 bridgehead atoms. The van der Waals surface area contributed by atoms with Crippen molar-refractivity contribution in [3.05, 3.63) is 41.3 Å². The molecule has 1 aromatic carbocycles. The molecule has 2 aliphatic rings. The second-order valence-electron chi connectivity index (χ2n) is 9.23. The van der Waals surface area contributed by atoms with Crippen molar-refractivity contribution in [2.75, 3.05) is 23.5 Å². The highest BCUT2D eigenvalue weighted by molar-refractivity contribution is 7.91. The highest BCUT2D eigenvalue weighted by Crippen LogP contribution is 2.41. The molecule has 1 amide bonds. The van der Waals surface area contributed by atoms with Crippen LogP contribution in [0.25, 0.3) is 10.4 Å². The van der Waals surface area contributed by atoms with Gasteiger partial charge in [-0.1, -0.05) is 37.3 Å². The number of thiophene rings is 1. The topological polar surface area (TPSA) is 80.8 Å². The van der Waals surface area contributed by atoms with Crippen molar-refractivity contribution in [3.8, 4) is 10.4 Å². The smallest absolute Gasteiger partial charge is 0.350 e. The first-order chi connectivity index (χ1) is 15.8. The molecule has 4 rings (SSSR count). The van der Waals surface area contributed by atoms with E-state index in [1.165, 1.54) is 18.4 Å². The molecule has 1 aliphatic heterocycles. The number of rotatable bonds is 5. The highest BCUT2D eigenvalue weighted by atomic mass is 32.2. The third-order valence-electron chi connectivity index (χ3n) is 6.89. The number of nitrogens with zero attached hydrogens (tertiary/aromatic N) is 1. The molecule has 1 aliphatic carbocycles. The quantitative estimate of drug-likeness (QED) is 0.556. The minimum atomic E-state index is -3.09. The first kappa shape index (κ1) is 24.0. The molecule has 1 saturated heterocycles. The Bertz CT molecular complexity index is 1090. The van der Waals surface area contributed by atoms with Gasteiger partial charge in [0, 0.05) is 16.8 Å². The fraction of sp³-hybridized carbons (Fsp3) is 0.520. The van der Waals surface area contributed by atoms with Gasteiger partial charge >= 0.3 is 5.97 Å². The zero-order valence-electron chi connectivity index (χ0n) is 19.2. The maximum Gasteiger partial charge on any atom is 0.350 e.